The number of hydrazine groups is 1. The first-order valence-electron chi connectivity index (χ1n) is 6.63. The first-order chi connectivity index (χ1) is 11.1. The van der Waals surface area contributed by atoms with Gasteiger partial charge in [-0.15, -0.1) is 0 Å². The molecule has 23 heavy (non-hydrogen) atoms. The van der Waals surface area contributed by atoms with Gasteiger partial charge in [0.05, 0.1) is 7.11 Å². The van der Waals surface area contributed by atoms with E-state index in [0.717, 1.165) is 0 Å². The molecular formula is C16H14FN3O3. The molecule has 0 aliphatic rings. The van der Waals surface area contributed by atoms with Gasteiger partial charge in [0.2, 0.25) is 0 Å². The minimum atomic E-state index is -0.564. The van der Waals surface area contributed by atoms with Crippen molar-refractivity contribution in [2.24, 2.45) is 0 Å². The Morgan fingerprint density at radius 2 is 2.04 bits per heavy atom. The molecule has 0 fully saturated rings. The fourth-order valence-corrected chi connectivity index (χ4v) is 1.68. The normalized spacial score (nSPS) is 10.3. The Hall–Kier alpha value is -3.22. The fourth-order valence-electron chi connectivity index (χ4n) is 1.68. The zero-order chi connectivity index (χ0) is 16.7. The maximum atomic E-state index is 13.5. The van der Waals surface area contributed by atoms with Crippen molar-refractivity contribution in [3.05, 3.63) is 65.7 Å². The highest BCUT2D eigenvalue weighted by atomic mass is 19.1. The molecule has 0 aliphatic carbocycles. The predicted molar refractivity (Wildman–Crippen MR) is 81.8 cm³/mol. The molecule has 118 valence electrons. The zero-order valence-electron chi connectivity index (χ0n) is 12.2. The van der Waals surface area contributed by atoms with Crippen LogP contribution in [-0.2, 0) is 4.79 Å². The van der Waals surface area contributed by atoms with E-state index in [2.05, 4.69) is 15.8 Å². The van der Waals surface area contributed by atoms with Crippen LogP contribution in [0.2, 0.25) is 0 Å². The molecule has 1 aromatic carbocycles. The van der Waals surface area contributed by atoms with Gasteiger partial charge in [0.15, 0.2) is 11.6 Å². The van der Waals surface area contributed by atoms with Gasteiger partial charge >= 0.3 is 0 Å². The average molecular weight is 315 g/mol. The molecule has 0 spiro atoms. The first-order valence-corrected chi connectivity index (χ1v) is 6.63. The highest BCUT2D eigenvalue weighted by Gasteiger charge is 2.06. The maximum Gasteiger partial charge on any atom is 0.288 e. The minimum absolute atomic E-state index is 0.120. The summed E-state index contributed by atoms with van der Waals surface area (Å²) in [5, 5.41) is 0. The number of hydrogen-bond acceptors (Lipinski definition) is 4. The SMILES string of the molecule is COc1ccc(/C=C/C(=O)NNC(=O)c2ccccn2)cc1F. The molecule has 2 aromatic rings. The van der Waals surface area contributed by atoms with E-state index in [4.69, 9.17) is 4.74 Å². The van der Waals surface area contributed by atoms with Gasteiger partial charge in [-0.1, -0.05) is 12.1 Å². The van der Waals surface area contributed by atoms with Crippen molar-refractivity contribution >= 4 is 17.9 Å². The molecule has 0 aliphatic heterocycles. The molecule has 0 unspecified atom stereocenters. The van der Waals surface area contributed by atoms with E-state index in [0.29, 0.717) is 5.56 Å². The molecule has 0 radical (unpaired) electrons. The van der Waals surface area contributed by atoms with Crippen molar-refractivity contribution in [2.75, 3.05) is 7.11 Å². The summed E-state index contributed by atoms with van der Waals surface area (Å²) in [4.78, 5) is 27.1. The van der Waals surface area contributed by atoms with Crippen LogP contribution >= 0.6 is 0 Å². The molecule has 2 rings (SSSR count). The summed E-state index contributed by atoms with van der Waals surface area (Å²) in [6.45, 7) is 0. The summed E-state index contributed by atoms with van der Waals surface area (Å²) in [5.41, 5.74) is 5.08. The highest BCUT2D eigenvalue weighted by molar-refractivity contribution is 5.96. The van der Waals surface area contributed by atoms with E-state index >= 15 is 0 Å². The van der Waals surface area contributed by atoms with E-state index in [1.54, 1.807) is 18.2 Å². The van der Waals surface area contributed by atoms with Gasteiger partial charge in [-0.25, -0.2) is 4.39 Å². The van der Waals surface area contributed by atoms with Gasteiger partial charge < -0.3 is 4.74 Å². The van der Waals surface area contributed by atoms with E-state index < -0.39 is 17.6 Å². The van der Waals surface area contributed by atoms with Gasteiger partial charge in [0, 0.05) is 12.3 Å². The quantitative estimate of drug-likeness (QED) is 0.665. The van der Waals surface area contributed by atoms with Crippen molar-refractivity contribution in [1.82, 2.24) is 15.8 Å². The number of methoxy groups -OCH3 is 1. The Kier molecular flexibility index (Phi) is 5.40. The Morgan fingerprint density at radius 1 is 1.22 bits per heavy atom. The predicted octanol–water partition coefficient (Wildman–Crippen LogP) is 1.70. The average Bonchev–Trinajstić information content (AvgIpc) is 2.58. The van der Waals surface area contributed by atoms with Gasteiger partial charge in [0.25, 0.3) is 11.8 Å². The number of carbonyl (C=O) groups is 2. The summed E-state index contributed by atoms with van der Waals surface area (Å²) in [6.07, 6.45) is 4.04. The Labute approximate surface area is 132 Å². The largest absolute Gasteiger partial charge is 0.494 e. The lowest BCUT2D eigenvalue weighted by molar-refractivity contribution is -0.117. The standard InChI is InChI=1S/C16H14FN3O3/c1-23-14-7-5-11(10-12(14)17)6-8-15(21)19-20-16(22)13-4-2-3-9-18-13/h2-10H,1H3,(H,19,21)(H,20,22)/b8-6+. The Morgan fingerprint density at radius 3 is 2.70 bits per heavy atom. The number of rotatable bonds is 4. The van der Waals surface area contributed by atoms with Crippen molar-refractivity contribution in [3.8, 4) is 5.75 Å². The van der Waals surface area contributed by atoms with Crippen LogP contribution in [0.3, 0.4) is 0 Å². The van der Waals surface area contributed by atoms with Crippen molar-refractivity contribution < 1.29 is 18.7 Å². The van der Waals surface area contributed by atoms with Crippen molar-refractivity contribution in [2.45, 2.75) is 0 Å². The van der Waals surface area contributed by atoms with Crippen LogP contribution in [0.5, 0.6) is 5.75 Å². The second-order valence-electron chi connectivity index (χ2n) is 4.39. The third-order valence-electron chi connectivity index (χ3n) is 2.80. The molecule has 1 heterocycles. The van der Waals surface area contributed by atoms with Gasteiger partial charge in [-0.3, -0.25) is 25.4 Å². The first kappa shape index (κ1) is 16.2. The molecule has 0 saturated carbocycles. The summed E-state index contributed by atoms with van der Waals surface area (Å²) in [6, 6.07) is 9.12. The van der Waals surface area contributed by atoms with Gasteiger partial charge in [-0.2, -0.15) is 0 Å². The van der Waals surface area contributed by atoms with E-state index in [-0.39, 0.29) is 11.4 Å². The molecular weight excluding hydrogens is 301 g/mol. The number of carbonyl (C=O) groups excluding carboxylic acids is 2. The second kappa shape index (κ2) is 7.69. The lowest BCUT2D eigenvalue weighted by atomic mass is 10.2. The van der Waals surface area contributed by atoms with Crippen LogP contribution < -0.4 is 15.6 Å². The number of hydrogen-bond donors (Lipinski definition) is 2. The monoisotopic (exact) mass is 315 g/mol. The third kappa shape index (κ3) is 4.63. The number of halogens is 1. The maximum absolute atomic E-state index is 13.5. The summed E-state index contributed by atoms with van der Waals surface area (Å²) < 4.78 is 18.3. The molecule has 0 saturated heterocycles. The van der Waals surface area contributed by atoms with Crippen molar-refractivity contribution in [3.63, 3.8) is 0 Å². The summed E-state index contributed by atoms with van der Waals surface area (Å²) in [5.74, 6) is -1.51. The van der Waals surface area contributed by atoms with E-state index in [9.17, 15) is 14.0 Å². The molecule has 7 heteroatoms. The Balaban J connectivity index is 1.89. The van der Waals surface area contributed by atoms with Crippen LogP contribution in [0.25, 0.3) is 6.08 Å². The van der Waals surface area contributed by atoms with Crippen LogP contribution in [0.1, 0.15) is 16.1 Å². The number of pyridine rings is 1. The van der Waals surface area contributed by atoms with Crippen LogP contribution in [0.4, 0.5) is 4.39 Å². The lowest BCUT2D eigenvalue weighted by Crippen LogP contribution is -2.41. The Bertz CT molecular complexity index is 733. The second-order valence-corrected chi connectivity index (χ2v) is 4.39. The summed E-state index contributed by atoms with van der Waals surface area (Å²) in [7, 11) is 1.37. The number of aromatic nitrogens is 1. The molecule has 0 atom stereocenters. The molecule has 2 amide bonds. The van der Waals surface area contributed by atoms with Gasteiger partial charge in [0.1, 0.15) is 5.69 Å². The number of amides is 2. The smallest absolute Gasteiger partial charge is 0.288 e. The minimum Gasteiger partial charge on any atom is -0.494 e. The van der Waals surface area contributed by atoms with E-state index in [1.165, 1.54) is 43.7 Å². The van der Waals surface area contributed by atoms with Crippen LogP contribution in [0.15, 0.2) is 48.7 Å². The number of nitrogens with one attached hydrogen (secondary N) is 2. The topological polar surface area (TPSA) is 80.3 Å². The van der Waals surface area contributed by atoms with Gasteiger partial charge in [-0.05, 0) is 35.9 Å². The molecule has 0 bridgehead atoms. The molecule has 1 aromatic heterocycles. The van der Waals surface area contributed by atoms with Crippen LogP contribution in [-0.4, -0.2) is 23.9 Å². The van der Waals surface area contributed by atoms with Crippen molar-refractivity contribution in [1.29, 1.82) is 0 Å². The molecule has 2 N–H and O–H groups in total. The lowest BCUT2D eigenvalue weighted by Gasteiger charge is -2.04. The fraction of sp³-hybridized carbons (Fsp3) is 0.0625. The zero-order valence-corrected chi connectivity index (χ0v) is 12.2. The number of nitrogens with zero attached hydrogens (tertiary/aromatic N) is 1. The highest BCUT2D eigenvalue weighted by Crippen LogP contribution is 2.18. The van der Waals surface area contributed by atoms with Crippen LogP contribution in [0, 0.1) is 5.82 Å². The van der Waals surface area contributed by atoms with E-state index in [1.807, 2.05) is 0 Å². The number of ether oxygens (including phenoxy) is 1. The molecule has 6 nitrogen and oxygen atoms in total. The summed E-state index contributed by atoms with van der Waals surface area (Å²) >= 11 is 0. The third-order valence-corrected chi connectivity index (χ3v) is 2.80. The number of benzene rings is 1.